The van der Waals surface area contributed by atoms with E-state index in [1.165, 1.54) is 14.0 Å². The third kappa shape index (κ3) is 2.59. The Labute approximate surface area is 140 Å². The molecule has 2 radical (unpaired) electrons. The third-order valence-electron chi connectivity index (χ3n) is 3.92. The van der Waals surface area contributed by atoms with Crippen molar-refractivity contribution in [2.75, 3.05) is 7.05 Å². The van der Waals surface area contributed by atoms with E-state index in [2.05, 4.69) is 4.99 Å². The van der Waals surface area contributed by atoms with Gasteiger partial charge in [-0.25, -0.2) is 14.3 Å². The quantitative estimate of drug-likeness (QED) is 0.818. The minimum absolute atomic E-state index is 0.480. The Morgan fingerprint density at radius 2 is 1.87 bits per heavy atom. The first-order valence-corrected chi connectivity index (χ1v) is 7.49. The number of benzodiazepines with no additional fused rings is 1. The smallest absolute Gasteiger partial charge is 0.359 e. The number of hydrogen-bond donors (Lipinski definition) is 1. The van der Waals surface area contributed by atoms with Gasteiger partial charge in [-0.15, -0.1) is 0 Å². The fraction of sp³-hybridized carbons (Fsp3) is 0.167. The largest absolute Gasteiger partial charge is 0.373 e. The first-order chi connectivity index (χ1) is 10.7. The van der Waals surface area contributed by atoms with Gasteiger partial charge in [-0.2, -0.15) is 0 Å². The molecule has 5 heteroatoms. The van der Waals surface area contributed by atoms with Crippen molar-refractivity contribution >= 4 is 28.9 Å². The van der Waals surface area contributed by atoms with Gasteiger partial charge in [-0.05, 0) is 19.1 Å². The van der Waals surface area contributed by atoms with Crippen molar-refractivity contribution in [2.24, 2.45) is 4.99 Å². The SMILES string of the molecule is [CH][N+]1(C)C(=O)C(C)(O)N=C(c2ccccc2)c2cc(Cl)ccc21. The van der Waals surface area contributed by atoms with E-state index in [0.29, 0.717) is 22.0 Å². The summed E-state index contributed by atoms with van der Waals surface area (Å²) in [6.45, 7) is 1.34. The minimum Gasteiger partial charge on any atom is -0.359 e. The number of quaternary nitrogens is 1. The summed E-state index contributed by atoms with van der Waals surface area (Å²) in [5.74, 6) is -0.619. The molecule has 2 aromatic rings. The Morgan fingerprint density at radius 3 is 2.52 bits per heavy atom. The molecule has 23 heavy (non-hydrogen) atoms. The summed E-state index contributed by atoms with van der Waals surface area (Å²) < 4.78 is -0.612. The van der Waals surface area contributed by atoms with Gasteiger partial charge in [0.05, 0.1) is 18.3 Å². The number of carbonyl (C=O) groups excluding carboxylic acids is 1. The number of aliphatic hydroxyl groups is 1. The molecular formula is C18H16ClN2O2+. The lowest BCUT2D eigenvalue weighted by atomic mass is 10.00. The number of likely N-dealkylation sites (N-methyl/N-ethyl adjacent to an activating group) is 1. The number of hydrogen-bond acceptors (Lipinski definition) is 3. The highest BCUT2D eigenvalue weighted by Gasteiger charge is 2.49. The van der Waals surface area contributed by atoms with E-state index in [9.17, 15) is 9.90 Å². The van der Waals surface area contributed by atoms with Crippen LogP contribution in [0.2, 0.25) is 5.02 Å². The second-order valence-electron chi connectivity index (χ2n) is 5.89. The van der Waals surface area contributed by atoms with E-state index in [0.717, 1.165) is 5.56 Å². The topological polar surface area (TPSA) is 49.7 Å². The molecule has 116 valence electrons. The summed E-state index contributed by atoms with van der Waals surface area (Å²) in [5.41, 5.74) is 0.458. The average molecular weight is 328 g/mol. The number of aliphatic imine (C=N–C) groups is 1. The van der Waals surface area contributed by atoms with Crippen LogP contribution < -0.4 is 4.48 Å². The number of fused-ring (bicyclic) bond motifs is 1. The maximum Gasteiger partial charge on any atom is 0.373 e. The van der Waals surface area contributed by atoms with E-state index in [4.69, 9.17) is 18.6 Å². The molecule has 3 rings (SSSR count). The summed E-state index contributed by atoms with van der Waals surface area (Å²) in [5, 5.41) is 11.1. The van der Waals surface area contributed by atoms with E-state index in [1.54, 1.807) is 18.2 Å². The molecule has 0 saturated carbocycles. The molecule has 2 unspecified atom stereocenters. The predicted octanol–water partition coefficient (Wildman–Crippen LogP) is 3.03. The van der Waals surface area contributed by atoms with Crippen molar-refractivity contribution in [1.82, 2.24) is 4.48 Å². The Morgan fingerprint density at radius 1 is 1.22 bits per heavy atom. The van der Waals surface area contributed by atoms with Gasteiger partial charge in [-0.3, -0.25) is 0 Å². The van der Waals surface area contributed by atoms with Crippen LogP contribution in [0.3, 0.4) is 0 Å². The molecule has 2 atom stereocenters. The summed E-state index contributed by atoms with van der Waals surface area (Å²) in [6.07, 6.45) is 0. The van der Waals surface area contributed by atoms with Crippen molar-refractivity contribution < 1.29 is 9.90 Å². The first-order valence-electron chi connectivity index (χ1n) is 7.12. The maximum atomic E-state index is 12.7. The van der Waals surface area contributed by atoms with Crippen molar-refractivity contribution in [2.45, 2.75) is 12.6 Å². The minimum atomic E-state index is -1.94. The van der Waals surface area contributed by atoms with Crippen LogP contribution in [0.5, 0.6) is 0 Å². The van der Waals surface area contributed by atoms with Crippen molar-refractivity contribution in [3.8, 4) is 0 Å². The molecule has 0 spiro atoms. The molecule has 1 heterocycles. The standard InChI is InChI=1S/C18H16ClN2O2/c1-18(23)17(22)21(2,3)15-10-9-13(19)11-14(15)16(20-18)12-7-5-4-6-8-12/h2,4-11,23H,1,3H3/q+1. The van der Waals surface area contributed by atoms with E-state index in [1.807, 2.05) is 30.3 Å². The summed E-state index contributed by atoms with van der Waals surface area (Å²) in [4.78, 5) is 17.0. The lowest BCUT2D eigenvalue weighted by Crippen LogP contribution is -2.54. The number of amides is 1. The molecule has 2 aromatic carbocycles. The fourth-order valence-corrected chi connectivity index (χ4v) is 2.97. The highest BCUT2D eigenvalue weighted by atomic mass is 35.5. The molecule has 1 amide bonds. The first kappa shape index (κ1) is 15.9. The second kappa shape index (κ2) is 5.27. The maximum absolute atomic E-state index is 12.7. The average Bonchev–Trinajstić information content (AvgIpc) is 2.57. The Bertz CT molecular complexity index is 811. The Hall–Kier alpha value is -2.01. The van der Waals surface area contributed by atoms with Crippen LogP contribution in [0.4, 0.5) is 5.69 Å². The predicted molar refractivity (Wildman–Crippen MR) is 91.2 cm³/mol. The molecule has 0 saturated heterocycles. The second-order valence-corrected chi connectivity index (χ2v) is 6.33. The monoisotopic (exact) mass is 327 g/mol. The molecule has 0 fully saturated rings. The van der Waals surface area contributed by atoms with Crippen LogP contribution in [0.15, 0.2) is 53.5 Å². The number of halogens is 1. The van der Waals surface area contributed by atoms with Crippen LogP contribution >= 0.6 is 11.6 Å². The number of carbonyl (C=O) groups is 1. The highest BCUT2D eigenvalue weighted by Crippen LogP contribution is 2.36. The van der Waals surface area contributed by atoms with E-state index in [-0.39, 0.29) is 0 Å². The number of nitrogens with zero attached hydrogens (tertiary/aromatic N) is 2. The van der Waals surface area contributed by atoms with Crippen molar-refractivity contribution in [3.05, 3.63) is 71.7 Å². The van der Waals surface area contributed by atoms with Gasteiger partial charge in [-0.1, -0.05) is 41.9 Å². The Balaban J connectivity index is 2.38. The molecule has 4 nitrogen and oxygen atoms in total. The summed E-state index contributed by atoms with van der Waals surface area (Å²) >= 11 is 6.13. The van der Waals surface area contributed by atoms with Gasteiger partial charge < -0.3 is 5.11 Å². The molecule has 0 aliphatic carbocycles. The summed E-state index contributed by atoms with van der Waals surface area (Å²) in [7, 11) is 7.73. The number of benzene rings is 2. The molecule has 0 aromatic heterocycles. The lowest BCUT2D eigenvalue weighted by Gasteiger charge is -2.28. The molecule has 1 aliphatic rings. The van der Waals surface area contributed by atoms with Gasteiger partial charge in [0.1, 0.15) is 5.69 Å². The molecular weight excluding hydrogens is 312 g/mol. The zero-order valence-electron chi connectivity index (χ0n) is 12.8. The van der Waals surface area contributed by atoms with E-state index < -0.39 is 16.1 Å². The van der Waals surface area contributed by atoms with Crippen LogP contribution in [0, 0.1) is 7.05 Å². The van der Waals surface area contributed by atoms with Gasteiger partial charge >= 0.3 is 5.91 Å². The summed E-state index contributed by atoms with van der Waals surface area (Å²) in [6, 6.07) is 14.4. The van der Waals surface area contributed by atoms with E-state index >= 15 is 0 Å². The van der Waals surface area contributed by atoms with Gasteiger partial charge in [0.25, 0.3) is 5.72 Å². The zero-order valence-corrected chi connectivity index (χ0v) is 13.6. The van der Waals surface area contributed by atoms with Gasteiger partial charge in [0.15, 0.2) is 0 Å². The van der Waals surface area contributed by atoms with Crippen LogP contribution in [0.1, 0.15) is 18.1 Å². The van der Waals surface area contributed by atoms with Crippen LogP contribution in [0.25, 0.3) is 0 Å². The van der Waals surface area contributed by atoms with Crippen molar-refractivity contribution in [1.29, 1.82) is 0 Å². The number of rotatable bonds is 1. The van der Waals surface area contributed by atoms with Crippen molar-refractivity contribution in [3.63, 3.8) is 0 Å². The molecule has 0 bridgehead atoms. The van der Waals surface area contributed by atoms with Crippen LogP contribution in [-0.2, 0) is 4.79 Å². The molecule has 1 N–H and O–H groups in total. The van der Waals surface area contributed by atoms with Crippen LogP contribution in [-0.4, -0.2) is 29.5 Å². The normalized spacial score (nSPS) is 23.0. The zero-order chi connectivity index (χ0) is 16.8. The Kier molecular flexibility index (Phi) is 3.64. The third-order valence-corrected chi connectivity index (χ3v) is 4.15. The lowest BCUT2D eigenvalue weighted by molar-refractivity contribution is -0.144. The fourth-order valence-electron chi connectivity index (χ4n) is 2.79. The van der Waals surface area contributed by atoms with Gasteiger partial charge in [0, 0.05) is 16.7 Å². The highest BCUT2D eigenvalue weighted by molar-refractivity contribution is 6.32. The molecule has 1 aliphatic heterocycles. The van der Waals surface area contributed by atoms with Gasteiger partial charge in [0.2, 0.25) is 7.05 Å².